The van der Waals surface area contributed by atoms with E-state index in [1.165, 1.54) is 5.56 Å². The van der Waals surface area contributed by atoms with Crippen LogP contribution in [0.1, 0.15) is 24.8 Å². The molecule has 1 fully saturated rings. The van der Waals surface area contributed by atoms with Crippen LogP contribution in [0.2, 0.25) is 0 Å². The van der Waals surface area contributed by atoms with Crippen LogP contribution in [-0.4, -0.2) is 11.9 Å². The summed E-state index contributed by atoms with van der Waals surface area (Å²) in [6, 6.07) is 5.98. The lowest BCUT2D eigenvalue weighted by atomic mass is 10.2. The first kappa shape index (κ1) is 10.7. The van der Waals surface area contributed by atoms with E-state index in [-0.39, 0.29) is 6.10 Å². The fraction of sp³-hybridized carbons (Fsp3) is 0.417. The predicted molar refractivity (Wildman–Crippen MR) is 62.2 cm³/mol. The molecule has 0 aliphatic heterocycles. The van der Waals surface area contributed by atoms with Crippen LogP contribution in [0.5, 0.6) is 5.75 Å². The number of hydrogen-bond donors (Lipinski definition) is 0. The maximum atomic E-state index is 11.1. The van der Waals surface area contributed by atoms with Crippen LogP contribution in [0.25, 0.3) is 0 Å². The van der Waals surface area contributed by atoms with Crippen molar-refractivity contribution in [2.45, 2.75) is 32.3 Å². The molecule has 0 N–H and O–H groups in total. The minimum absolute atomic E-state index is 0.0662. The molecule has 1 atom stereocenters. The highest BCUT2D eigenvalue weighted by Gasteiger charge is 2.24. The van der Waals surface area contributed by atoms with Gasteiger partial charge < -0.3 is 4.74 Å². The lowest BCUT2D eigenvalue weighted by Crippen LogP contribution is -2.12. The molecule has 1 aliphatic rings. The molecule has 1 aromatic rings. The van der Waals surface area contributed by atoms with Gasteiger partial charge in [-0.15, -0.1) is 0 Å². The van der Waals surface area contributed by atoms with Crippen LogP contribution < -0.4 is 4.74 Å². The Bertz CT molecular complexity index is 387. The first-order valence-electron chi connectivity index (χ1n) is 5.09. The molecule has 0 bridgehead atoms. The number of benzene rings is 1. The van der Waals surface area contributed by atoms with Crippen LogP contribution >= 0.6 is 15.9 Å². The Morgan fingerprint density at radius 2 is 2.27 bits per heavy atom. The van der Waals surface area contributed by atoms with E-state index < -0.39 is 0 Å². The van der Waals surface area contributed by atoms with Crippen molar-refractivity contribution in [1.82, 2.24) is 0 Å². The minimum Gasteiger partial charge on any atom is -0.489 e. The normalized spacial score (nSPS) is 20.7. The van der Waals surface area contributed by atoms with Crippen LogP contribution in [0.4, 0.5) is 0 Å². The topological polar surface area (TPSA) is 26.3 Å². The average Bonchev–Trinajstić information content (AvgIpc) is 2.56. The summed E-state index contributed by atoms with van der Waals surface area (Å²) >= 11 is 3.46. The molecule has 0 radical (unpaired) electrons. The highest BCUT2D eigenvalue weighted by molar-refractivity contribution is 9.10. The molecule has 2 nitrogen and oxygen atoms in total. The zero-order chi connectivity index (χ0) is 10.8. The number of halogens is 1. The Morgan fingerprint density at radius 3 is 2.87 bits per heavy atom. The molecule has 3 heteroatoms. The van der Waals surface area contributed by atoms with Gasteiger partial charge in [-0.05, 0) is 47.0 Å². The van der Waals surface area contributed by atoms with Crippen molar-refractivity contribution >= 4 is 21.7 Å². The van der Waals surface area contributed by atoms with Crippen LogP contribution in [0.3, 0.4) is 0 Å². The smallest absolute Gasteiger partial charge is 0.136 e. The second-order valence-corrected chi connectivity index (χ2v) is 4.81. The van der Waals surface area contributed by atoms with Crippen molar-refractivity contribution in [3.63, 3.8) is 0 Å². The molecule has 2 rings (SSSR count). The summed E-state index contributed by atoms with van der Waals surface area (Å²) in [7, 11) is 0. The third kappa shape index (κ3) is 2.59. The Balaban J connectivity index is 2.07. The number of aryl methyl sites for hydroxylation is 1. The second-order valence-electron chi connectivity index (χ2n) is 3.96. The van der Waals surface area contributed by atoms with Crippen molar-refractivity contribution < 1.29 is 9.53 Å². The second kappa shape index (κ2) is 4.35. The molecule has 0 heterocycles. The largest absolute Gasteiger partial charge is 0.489 e. The van der Waals surface area contributed by atoms with E-state index in [9.17, 15) is 4.79 Å². The number of carbonyl (C=O) groups excluding carboxylic acids is 1. The van der Waals surface area contributed by atoms with Gasteiger partial charge in [0.15, 0.2) is 0 Å². The molecule has 0 amide bonds. The Morgan fingerprint density at radius 1 is 1.47 bits per heavy atom. The molecule has 15 heavy (non-hydrogen) atoms. The summed E-state index contributed by atoms with van der Waals surface area (Å²) in [6.07, 6.45) is 2.13. The number of ether oxygens (including phenoxy) is 1. The van der Waals surface area contributed by atoms with E-state index in [1.54, 1.807) is 0 Å². The van der Waals surface area contributed by atoms with E-state index in [0.29, 0.717) is 18.6 Å². The van der Waals surface area contributed by atoms with Crippen LogP contribution in [0.15, 0.2) is 22.7 Å². The van der Waals surface area contributed by atoms with Crippen molar-refractivity contribution in [3.05, 3.63) is 28.2 Å². The van der Waals surface area contributed by atoms with Gasteiger partial charge in [0.05, 0.1) is 4.47 Å². The third-order valence-electron chi connectivity index (χ3n) is 2.58. The van der Waals surface area contributed by atoms with Crippen molar-refractivity contribution in [2.75, 3.05) is 0 Å². The number of rotatable bonds is 2. The van der Waals surface area contributed by atoms with Gasteiger partial charge in [0.2, 0.25) is 0 Å². The average molecular weight is 269 g/mol. The quantitative estimate of drug-likeness (QED) is 0.823. The van der Waals surface area contributed by atoms with E-state index >= 15 is 0 Å². The van der Waals surface area contributed by atoms with Gasteiger partial charge in [0.25, 0.3) is 0 Å². The zero-order valence-corrected chi connectivity index (χ0v) is 10.2. The van der Waals surface area contributed by atoms with Crippen LogP contribution in [0, 0.1) is 6.92 Å². The Kier molecular flexibility index (Phi) is 3.10. The monoisotopic (exact) mass is 268 g/mol. The highest BCUT2D eigenvalue weighted by atomic mass is 79.9. The summed E-state index contributed by atoms with van der Waals surface area (Å²) in [6.45, 7) is 2.04. The SMILES string of the molecule is Cc1ccc(OC2CCC(=O)C2)c(Br)c1. The molecule has 0 saturated heterocycles. The first-order chi connectivity index (χ1) is 7.15. The molecule has 1 unspecified atom stereocenters. The summed E-state index contributed by atoms with van der Waals surface area (Å²) in [5, 5.41) is 0. The molecule has 0 spiro atoms. The van der Waals surface area contributed by atoms with Crippen molar-refractivity contribution in [2.24, 2.45) is 0 Å². The van der Waals surface area contributed by atoms with E-state index in [0.717, 1.165) is 16.6 Å². The fourth-order valence-corrected chi connectivity index (χ4v) is 2.35. The maximum absolute atomic E-state index is 11.1. The van der Waals surface area contributed by atoms with Gasteiger partial charge in [-0.2, -0.15) is 0 Å². The van der Waals surface area contributed by atoms with Gasteiger partial charge >= 0.3 is 0 Å². The summed E-state index contributed by atoms with van der Waals surface area (Å²) < 4.78 is 6.72. The van der Waals surface area contributed by atoms with E-state index in [4.69, 9.17) is 4.74 Å². The molecule has 0 aromatic heterocycles. The first-order valence-corrected chi connectivity index (χ1v) is 5.89. The lowest BCUT2D eigenvalue weighted by Gasteiger charge is -2.13. The molecule has 1 saturated carbocycles. The van der Waals surface area contributed by atoms with Gasteiger partial charge in [0, 0.05) is 12.8 Å². The summed E-state index contributed by atoms with van der Waals surface area (Å²) in [4.78, 5) is 11.1. The summed E-state index contributed by atoms with van der Waals surface area (Å²) in [5.74, 6) is 1.14. The molecule has 80 valence electrons. The molecular formula is C12H13BrO2. The predicted octanol–water partition coefficient (Wildman–Crippen LogP) is 3.26. The van der Waals surface area contributed by atoms with Gasteiger partial charge in [-0.1, -0.05) is 6.07 Å². The number of ketones is 1. The Hall–Kier alpha value is -0.830. The molecular weight excluding hydrogens is 256 g/mol. The van der Waals surface area contributed by atoms with Crippen molar-refractivity contribution in [3.8, 4) is 5.75 Å². The number of Topliss-reactive ketones (excluding diaryl/α,β-unsaturated/α-hetero) is 1. The third-order valence-corrected chi connectivity index (χ3v) is 3.20. The van der Waals surface area contributed by atoms with Crippen LogP contribution in [-0.2, 0) is 4.79 Å². The fourth-order valence-electron chi connectivity index (χ4n) is 1.76. The van der Waals surface area contributed by atoms with Gasteiger partial charge in [-0.25, -0.2) is 0 Å². The standard InChI is InChI=1S/C12H13BrO2/c1-8-2-5-12(11(13)6-8)15-10-4-3-9(14)7-10/h2,5-6,10H,3-4,7H2,1H3. The lowest BCUT2D eigenvalue weighted by molar-refractivity contribution is -0.117. The number of hydrogen-bond acceptors (Lipinski definition) is 2. The summed E-state index contributed by atoms with van der Waals surface area (Å²) in [5.41, 5.74) is 1.19. The van der Waals surface area contributed by atoms with Crippen molar-refractivity contribution in [1.29, 1.82) is 0 Å². The number of carbonyl (C=O) groups is 1. The zero-order valence-electron chi connectivity index (χ0n) is 8.63. The molecule has 1 aromatic carbocycles. The molecule has 1 aliphatic carbocycles. The van der Waals surface area contributed by atoms with Gasteiger partial charge in [-0.3, -0.25) is 4.79 Å². The maximum Gasteiger partial charge on any atom is 0.136 e. The van der Waals surface area contributed by atoms with Gasteiger partial charge in [0.1, 0.15) is 17.6 Å². The highest BCUT2D eigenvalue weighted by Crippen LogP contribution is 2.29. The van der Waals surface area contributed by atoms with E-state index in [1.807, 2.05) is 25.1 Å². The minimum atomic E-state index is 0.0662. The van der Waals surface area contributed by atoms with E-state index in [2.05, 4.69) is 15.9 Å². The Labute approximate surface area is 97.8 Å².